The van der Waals surface area contributed by atoms with Crippen LogP contribution in [0.4, 0.5) is 5.69 Å². The standard InChI is InChI=1S/C9H10N2O3/c1-14-11-5-7-4-6(9(12)13)2-3-8(7)10/h2-5H,10H2,1H3,(H,12,13). The van der Waals surface area contributed by atoms with E-state index in [0.29, 0.717) is 11.3 Å². The highest BCUT2D eigenvalue weighted by molar-refractivity contribution is 5.94. The third-order valence-electron chi connectivity index (χ3n) is 1.63. The van der Waals surface area contributed by atoms with E-state index in [1.165, 1.54) is 31.5 Å². The summed E-state index contributed by atoms with van der Waals surface area (Å²) < 4.78 is 0. The van der Waals surface area contributed by atoms with Gasteiger partial charge in [0.05, 0.1) is 11.8 Å². The molecule has 0 radical (unpaired) electrons. The number of nitrogens with zero attached hydrogens (tertiary/aromatic N) is 1. The number of carboxylic acids is 1. The predicted octanol–water partition coefficient (Wildman–Crippen LogP) is 0.947. The molecule has 14 heavy (non-hydrogen) atoms. The number of hydrogen-bond acceptors (Lipinski definition) is 4. The molecule has 0 spiro atoms. The molecule has 0 aliphatic rings. The van der Waals surface area contributed by atoms with Crippen molar-refractivity contribution < 1.29 is 14.7 Å². The smallest absolute Gasteiger partial charge is 0.335 e. The van der Waals surface area contributed by atoms with E-state index in [2.05, 4.69) is 9.99 Å². The molecule has 1 aromatic carbocycles. The maximum absolute atomic E-state index is 10.6. The molecule has 0 amide bonds. The molecule has 1 aromatic rings. The molecule has 0 saturated heterocycles. The minimum Gasteiger partial charge on any atom is -0.478 e. The Bertz CT molecular complexity index is 374. The van der Waals surface area contributed by atoms with Crippen molar-refractivity contribution in [2.45, 2.75) is 0 Å². The first-order valence-corrected chi connectivity index (χ1v) is 3.84. The van der Waals surface area contributed by atoms with Crippen LogP contribution in [0.15, 0.2) is 23.4 Å². The van der Waals surface area contributed by atoms with Gasteiger partial charge in [0, 0.05) is 11.3 Å². The molecule has 0 heterocycles. The monoisotopic (exact) mass is 194 g/mol. The van der Waals surface area contributed by atoms with Gasteiger partial charge in [0.1, 0.15) is 7.11 Å². The first-order chi connectivity index (χ1) is 6.65. The number of hydrogen-bond donors (Lipinski definition) is 2. The van der Waals surface area contributed by atoms with E-state index in [1.54, 1.807) is 0 Å². The molecule has 0 bridgehead atoms. The summed E-state index contributed by atoms with van der Waals surface area (Å²) >= 11 is 0. The Balaban J connectivity index is 3.08. The number of benzene rings is 1. The van der Waals surface area contributed by atoms with Crippen LogP contribution in [0.25, 0.3) is 0 Å². The van der Waals surface area contributed by atoms with E-state index < -0.39 is 5.97 Å². The van der Waals surface area contributed by atoms with Gasteiger partial charge in [0.2, 0.25) is 0 Å². The summed E-state index contributed by atoms with van der Waals surface area (Å²) in [5, 5.41) is 12.2. The van der Waals surface area contributed by atoms with Gasteiger partial charge in [0.25, 0.3) is 0 Å². The fourth-order valence-corrected chi connectivity index (χ4v) is 0.929. The minimum atomic E-state index is -1.00. The lowest BCUT2D eigenvalue weighted by atomic mass is 10.1. The number of nitrogens with two attached hydrogens (primary N) is 1. The fourth-order valence-electron chi connectivity index (χ4n) is 0.929. The van der Waals surface area contributed by atoms with E-state index in [-0.39, 0.29) is 5.56 Å². The Kier molecular flexibility index (Phi) is 3.06. The predicted molar refractivity (Wildman–Crippen MR) is 52.4 cm³/mol. The van der Waals surface area contributed by atoms with Gasteiger partial charge in [-0.25, -0.2) is 4.79 Å². The topological polar surface area (TPSA) is 84.9 Å². The lowest BCUT2D eigenvalue weighted by Gasteiger charge is -2.00. The molecule has 74 valence electrons. The average molecular weight is 194 g/mol. The summed E-state index contributed by atoms with van der Waals surface area (Å²) in [6, 6.07) is 4.38. The van der Waals surface area contributed by atoms with Crippen molar-refractivity contribution in [3.05, 3.63) is 29.3 Å². The van der Waals surface area contributed by atoms with Crippen LogP contribution in [0.3, 0.4) is 0 Å². The van der Waals surface area contributed by atoms with Crippen molar-refractivity contribution in [1.29, 1.82) is 0 Å². The summed E-state index contributed by atoms with van der Waals surface area (Å²) in [7, 11) is 1.40. The normalized spacial score (nSPS) is 10.4. The second-order valence-electron chi connectivity index (χ2n) is 2.57. The molecular weight excluding hydrogens is 184 g/mol. The van der Waals surface area contributed by atoms with Gasteiger partial charge < -0.3 is 15.7 Å². The number of anilines is 1. The molecular formula is C9H10N2O3. The third-order valence-corrected chi connectivity index (χ3v) is 1.63. The molecule has 0 fully saturated rings. The van der Waals surface area contributed by atoms with Crippen LogP contribution in [-0.2, 0) is 4.84 Å². The van der Waals surface area contributed by atoms with Gasteiger partial charge in [-0.2, -0.15) is 0 Å². The lowest BCUT2D eigenvalue weighted by molar-refractivity contribution is 0.0697. The van der Waals surface area contributed by atoms with Crippen LogP contribution in [0.1, 0.15) is 15.9 Å². The summed E-state index contributed by atoms with van der Waals surface area (Å²) in [6.07, 6.45) is 1.36. The molecule has 0 aliphatic heterocycles. The van der Waals surface area contributed by atoms with Crippen molar-refractivity contribution >= 4 is 17.9 Å². The first kappa shape index (κ1) is 10.0. The highest BCUT2D eigenvalue weighted by Gasteiger charge is 2.04. The van der Waals surface area contributed by atoms with E-state index in [1.807, 2.05) is 0 Å². The molecule has 0 aromatic heterocycles. The van der Waals surface area contributed by atoms with Gasteiger partial charge in [-0.1, -0.05) is 5.16 Å². The largest absolute Gasteiger partial charge is 0.478 e. The van der Waals surface area contributed by atoms with Gasteiger partial charge in [0.15, 0.2) is 0 Å². The number of rotatable bonds is 3. The molecule has 5 heteroatoms. The van der Waals surface area contributed by atoms with Crippen molar-refractivity contribution in [3.63, 3.8) is 0 Å². The second kappa shape index (κ2) is 4.27. The molecule has 0 atom stereocenters. The van der Waals surface area contributed by atoms with E-state index >= 15 is 0 Å². The molecule has 0 aliphatic carbocycles. The quantitative estimate of drug-likeness (QED) is 0.426. The minimum absolute atomic E-state index is 0.164. The van der Waals surface area contributed by atoms with Crippen LogP contribution in [0.2, 0.25) is 0 Å². The van der Waals surface area contributed by atoms with E-state index in [9.17, 15) is 4.79 Å². The van der Waals surface area contributed by atoms with Crippen LogP contribution >= 0.6 is 0 Å². The maximum atomic E-state index is 10.6. The van der Waals surface area contributed by atoms with E-state index in [0.717, 1.165) is 0 Å². The summed E-state index contributed by atoms with van der Waals surface area (Å²) in [5.74, 6) is -1.00. The van der Waals surface area contributed by atoms with Gasteiger partial charge in [-0.15, -0.1) is 0 Å². The molecule has 1 rings (SSSR count). The van der Waals surface area contributed by atoms with Gasteiger partial charge in [-0.05, 0) is 18.2 Å². The number of carboxylic acid groups (broad SMARTS) is 1. The SMILES string of the molecule is CON=Cc1cc(C(=O)O)ccc1N. The highest BCUT2D eigenvalue weighted by Crippen LogP contribution is 2.12. The number of aromatic carboxylic acids is 1. The fraction of sp³-hybridized carbons (Fsp3) is 0.111. The zero-order valence-electron chi connectivity index (χ0n) is 7.60. The van der Waals surface area contributed by atoms with Crippen molar-refractivity contribution in [2.24, 2.45) is 5.16 Å². The van der Waals surface area contributed by atoms with E-state index in [4.69, 9.17) is 10.8 Å². The van der Waals surface area contributed by atoms with Gasteiger partial charge >= 0.3 is 5.97 Å². The summed E-state index contributed by atoms with van der Waals surface area (Å²) in [6.45, 7) is 0. The van der Waals surface area contributed by atoms with Crippen LogP contribution < -0.4 is 5.73 Å². The highest BCUT2D eigenvalue weighted by atomic mass is 16.6. The van der Waals surface area contributed by atoms with Crippen molar-refractivity contribution in [3.8, 4) is 0 Å². The molecule has 0 saturated carbocycles. The zero-order chi connectivity index (χ0) is 10.6. The Morgan fingerprint density at radius 1 is 1.64 bits per heavy atom. The summed E-state index contributed by atoms with van der Waals surface area (Å²) in [5.41, 5.74) is 6.73. The molecule has 5 nitrogen and oxygen atoms in total. The number of nitrogen functional groups attached to an aromatic ring is 1. The Labute approximate surface area is 80.8 Å². The van der Waals surface area contributed by atoms with Crippen molar-refractivity contribution in [1.82, 2.24) is 0 Å². The molecule has 3 N–H and O–H groups in total. The van der Waals surface area contributed by atoms with Crippen LogP contribution in [0, 0.1) is 0 Å². The summed E-state index contributed by atoms with van der Waals surface area (Å²) in [4.78, 5) is 15.1. The Morgan fingerprint density at radius 2 is 2.36 bits per heavy atom. The Morgan fingerprint density at radius 3 is 2.93 bits per heavy atom. The zero-order valence-corrected chi connectivity index (χ0v) is 7.60. The number of oxime groups is 1. The van der Waals surface area contributed by atoms with Crippen molar-refractivity contribution in [2.75, 3.05) is 12.8 Å². The second-order valence-corrected chi connectivity index (χ2v) is 2.57. The average Bonchev–Trinajstić information content (AvgIpc) is 2.16. The maximum Gasteiger partial charge on any atom is 0.335 e. The van der Waals surface area contributed by atoms with Crippen LogP contribution in [-0.4, -0.2) is 24.4 Å². The Hall–Kier alpha value is -2.04. The van der Waals surface area contributed by atoms with Gasteiger partial charge in [-0.3, -0.25) is 0 Å². The third kappa shape index (κ3) is 2.22. The first-order valence-electron chi connectivity index (χ1n) is 3.84. The number of carbonyl (C=O) groups is 1. The van der Waals surface area contributed by atoms with Crippen LogP contribution in [0.5, 0.6) is 0 Å². The molecule has 0 unspecified atom stereocenters. The lowest BCUT2D eigenvalue weighted by Crippen LogP contribution is -2.00.